The molecule has 1 atom stereocenters. The van der Waals surface area contributed by atoms with Crippen LogP contribution in [0.5, 0.6) is 5.75 Å². The van der Waals surface area contributed by atoms with Crippen molar-refractivity contribution in [3.05, 3.63) is 54.1 Å². The summed E-state index contributed by atoms with van der Waals surface area (Å²) >= 11 is 0. The molecular formula is C18H18F3N3O3. The first kappa shape index (κ1) is 20.1. The molecule has 2 rings (SSSR count). The van der Waals surface area contributed by atoms with Gasteiger partial charge in [-0.3, -0.25) is 4.79 Å². The summed E-state index contributed by atoms with van der Waals surface area (Å²) in [6, 6.07) is 10.9. The Morgan fingerprint density at radius 3 is 2.26 bits per heavy atom. The van der Waals surface area contributed by atoms with E-state index in [4.69, 9.17) is 0 Å². The maximum absolute atomic E-state index is 12.1. The van der Waals surface area contributed by atoms with E-state index in [1.807, 2.05) is 0 Å². The number of anilines is 2. The molecule has 2 aromatic rings. The van der Waals surface area contributed by atoms with Crippen molar-refractivity contribution in [2.24, 2.45) is 0 Å². The number of hydrogen-bond acceptors (Lipinski definition) is 3. The lowest BCUT2D eigenvalue weighted by molar-refractivity contribution is -0.274. The molecule has 144 valence electrons. The minimum absolute atomic E-state index is 0.205. The number of ether oxygens (including phenoxy) is 1. The number of benzene rings is 2. The number of hydrogen-bond donors (Lipinski definition) is 3. The van der Waals surface area contributed by atoms with Gasteiger partial charge in [-0.2, -0.15) is 0 Å². The van der Waals surface area contributed by atoms with Crippen LogP contribution in [0.25, 0.3) is 0 Å². The number of halogens is 3. The minimum atomic E-state index is -4.77. The van der Waals surface area contributed by atoms with Crippen molar-refractivity contribution >= 4 is 23.3 Å². The van der Waals surface area contributed by atoms with Gasteiger partial charge in [-0.1, -0.05) is 12.1 Å². The summed E-state index contributed by atoms with van der Waals surface area (Å²) in [7, 11) is 0. The molecule has 9 heteroatoms. The van der Waals surface area contributed by atoms with Crippen molar-refractivity contribution in [2.45, 2.75) is 26.3 Å². The van der Waals surface area contributed by atoms with Gasteiger partial charge in [0, 0.05) is 18.3 Å². The van der Waals surface area contributed by atoms with Crippen molar-refractivity contribution < 1.29 is 27.5 Å². The topological polar surface area (TPSA) is 79.5 Å². The Kier molecular flexibility index (Phi) is 6.27. The molecule has 2 aromatic carbocycles. The second-order valence-electron chi connectivity index (χ2n) is 5.70. The summed E-state index contributed by atoms with van der Waals surface area (Å²) in [5.74, 6) is -0.583. The van der Waals surface area contributed by atoms with Crippen LogP contribution in [-0.2, 0) is 4.79 Å². The molecule has 0 heterocycles. The van der Waals surface area contributed by atoms with Gasteiger partial charge in [-0.05, 0) is 48.9 Å². The summed E-state index contributed by atoms with van der Waals surface area (Å²) in [6.07, 6.45) is -4.77. The second kappa shape index (κ2) is 8.43. The van der Waals surface area contributed by atoms with Crippen LogP contribution in [0.1, 0.15) is 25.5 Å². The van der Waals surface area contributed by atoms with E-state index >= 15 is 0 Å². The third-order valence-corrected chi connectivity index (χ3v) is 3.40. The SMILES string of the molecule is CC(=O)Nc1cccc(C(C)NC(=O)Nc2ccc(OC(F)(F)F)cc2)c1. The van der Waals surface area contributed by atoms with Crippen LogP contribution in [0.15, 0.2) is 48.5 Å². The van der Waals surface area contributed by atoms with Crippen LogP contribution < -0.4 is 20.7 Å². The van der Waals surface area contributed by atoms with Gasteiger partial charge in [0.2, 0.25) is 5.91 Å². The van der Waals surface area contributed by atoms with Gasteiger partial charge in [0.1, 0.15) is 5.75 Å². The molecule has 0 aliphatic heterocycles. The molecule has 3 N–H and O–H groups in total. The van der Waals surface area contributed by atoms with Crippen LogP contribution in [0.3, 0.4) is 0 Å². The fraction of sp³-hybridized carbons (Fsp3) is 0.222. The highest BCUT2D eigenvalue weighted by molar-refractivity contribution is 5.90. The fourth-order valence-corrected chi connectivity index (χ4v) is 2.28. The molecule has 0 fully saturated rings. The van der Waals surface area contributed by atoms with Gasteiger partial charge in [0.15, 0.2) is 0 Å². The van der Waals surface area contributed by atoms with Crippen molar-refractivity contribution in [1.29, 1.82) is 0 Å². The molecule has 0 aliphatic carbocycles. The number of rotatable bonds is 5. The highest BCUT2D eigenvalue weighted by Crippen LogP contribution is 2.24. The number of alkyl halides is 3. The van der Waals surface area contributed by atoms with Gasteiger partial charge in [0.25, 0.3) is 0 Å². The first-order valence-corrected chi connectivity index (χ1v) is 7.93. The number of nitrogens with one attached hydrogen (secondary N) is 3. The van der Waals surface area contributed by atoms with E-state index in [9.17, 15) is 22.8 Å². The zero-order valence-corrected chi connectivity index (χ0v) is 14.6. The Labute approximate surface area is 153 Å². The Balaban J connectivity index is 1.94. The van der Waals surface area contributed by atoms with E-state index in [1.54, 1.807) is 31.2 Å². The third-order valence-electron chi connectivity index (χ3n) is 3.40. The summed E-state index contributed by atoms with van der Waals surface area (Å²) in [5.41, 5.74) is 1.68. The van der Waals surface area contributed by atoms with Crippen molar-refractivity contribution in [3.63, 3.8) is 0 Å². The van der Waals surface area contributed by atoms with E-state index < -0.39 is 12.4 Å². The molecule has 0 bridgehead atoms. The lowest BCUT2D eigenvalue weighted by Gasteiger charge is -2.16. The normalized spacial score (nSPS) is 12.0. The number of amides is 3. The molecule has 3 amide bonds. The number of carbonyl (C=O) groups excluding carboxylic acids is 2. The zero-order valence-electron chi connectivity index (χ0n) is 14.6. The molecule has 0 radical (unpaired) electrons. The van der Waals surface area contributed by atoms with Gasteiger partial charge in [-0.25, -0.2) is 4.79 Å². The van der Waals surface area contributed by atoms with Crippen molar-refractivity contribution in [2.75, 3.05) is 10.6 Å². The van der Waals surface area contributed by atoms with Crippen LogP contribution in [-0.4, -0.2) is 18.3 Å². The number of urea groups is 1. The van der Waals surface area contributed by atoms with Gasteiger partial charge in [0.05, 0.1) is 6.04 Å². The average Bonchev–Trinajstić information content (AvgIpc) is 2.55. The molecule has 0 aromatic heterocycles. The number of carbonyl (C=O) groups is 2. The molecule has 0 spiro atoms. The summed E-state index contributed by atoms with van der Waals surface area (Å²) < 4.78 is 40.2. The van der Waals surface area contributed by atoms with Crippen LogP contribution in [0.4, 0.5) is 29.3 Å². The highest BCUT2D eigenvalue weighted by atomic mass is 19.4. The Hall–Kier alpha value is -3.23. The molecule has 27 heavy (non-hydrogen) atoms. The average molecular weight is 381 g/mol. The van der Waals surface area contributed by atoms with Crippen LogP contribution in [0.2, 0.25) is 0 Å². The fourth-order valence-electron chi connectivity index (χ4n) is 2.28. The van der Waals surface area contributed by atoms with Crippen molar-refractivity contribution in [1.82, 2.24) is 5.32 Å². The van der Waals surface area contributed by atoms with E-state index in [0.29, 0.717) is 11.4 Å². The zero-order chi connectivity index (χ0) is 20.0. The maximum atomic E-state index is 12.1. The predicted molar refractivity (Wildman–Crippen MR) is 94.4 cm³/mol. The predicted octanol–water partition coefficient (Wildman–Crippen LogP) is 4.43. The Morgan fingerprint density at radius 1 is 1.00 bits per heavy atom. The van der Waals surface area contributed by atoms with Crippen molar-refractivity contribution in [3.8, 4) is 5.75 Å². The van der Waals surface area contributed by atoms with E-state index in [1.165, 1.54) is 19.1 Å². The van der Waals surface area contributed by atoms with Gasteiger partial charge < -0.3 is 20.7 Å². The minimum Gasteiger partial charge on any atom is -0.406 e. The van der Waals surface area contributed by atoms with E-state index in [2.05, 4.69) is 20.7 Å². The third kappa shape index (κ3) is 6.89. The smallest absolute Gasteiger partial charge is 0.406 e. The first-order valence-electron chi connectivity index (χ1n) is 7.93. The summed E-state index contributed by atoms with van der Waals surface area (Å²) in [4.78, 5) is 23.2. The van der Waals surface area contributed by atoms with Gasteiger partial charge in [-0.15, -0.1) is 13.2 Å². The summed E-state index contributed by atoms with van der Waals surface area (Å²) in [6.45, 7) is 3.15. The monoisotopic (exact) mass is 381 g/mol. The Morgan fingerprint density at radius 2 is 1.67 bits per heavy atom. The molecule has 0 saturated heterocycles. The van der Waals surface area contributed by atoms with E-state index in [0.717, 1.165) is 17.7 Å². The molecular weight excluding hydrogens is 363 g/mol. The highest BCUT2D eigenvalue weighted by Gasteiger charge is 2.30. The van der Waals surface area contributed by atoms with Crippen LogP contribution in [0, 0.1) is 0 Å². The van der Waals surface area contributed by atoms with Crippen LogP contribution >= 0.6 is 0 Å². The lowest BCUT2D eigenvalue weighted by atomic mass is 10.1. The lowest BCUT2D eigenvalue weighted by Crippen LogP contribution is -2.31. The first-order chi connectivity index (χ1) is 12.6. The van der Waals surface area contributed by atoms with Gasteiger partial charge >= 0.3 is 12.4 Å². The molecule has 1 unspecified atom stereocenters. The second-order valence-corrected chi connectivity index (χ2v) is 5.70. The molecule has 6 nitrogen and oxygen atoms in total. The molecule has 0 saturated carbocycles. The standard InChI is InChI=1S/C18H18F3N3O3/c1-11(13-4-3-5-15(10-13)23-12(2)25)22-17(26)24-14-6-8-16(9-7-14)27-18(19,20)21/h3-11H,1-2H3,(H,23,25)(H2,22,24,26). The maximum Gasteiger partial charge on any atom is 0.573 e. The Bertz CT molecular complexity index is 807. The quantitative estimate of drug-likeness (QED) is 0.717. The summed E-state index contributed by atoms with van der Waals surface area (Å²) in [5, 5.41) is 7.88. The van der Waals surface area contributed by atoms with E-state index in [-0.39, 0.29) is 17.7 Å². The largest absolute Gasteiger partial charge is 0.573 e. The molecule has 0 aliphatic rings.